The summed E-state index contributed by atoms with van der Waals surface area (Å²) in [5.41, 5.74) is 0.388. The lowest BCUT2D eigenvalue weighted by atomic mass is 9.67. The Morgan fingerprint density at radius 3 is 2.35 bits per heavy atom. The predicted molar refractivity (Wildman–Crippen MR) is 84.3 cm³/mol. The topological polar surface area (TPSA) is 27.0 Å². The summed E-state index contributed by atoms with van der Waals surface area (Å²) < 4.78 is 0. The molecule has 20 heavy (non-hydrogen) atoms. The number of nitrogens with zero attached hydrogens (tertiary/aromatic N) is 2. The lowest BCUT2D eigenvalue weighted by molar-refractivity contribution is 0.0544. The second-order valence-electron chi connectivity index (χ2n) is 8.00. The first-order chi connectivity index (χ1) is 9.47. The molecule has 0 aromatic rings. The Morgan fingerprint density at radius 2 is 1.85 bits per heavy atom. The van der Waals surface area contributed by atoms with Crippen LogP contribution in [0.5, 0.6) is 0 Å². The molecule has 2 nitrogen and oxygen atoms in total. The Labute approximate surface area is 125 Å². The largest absolute Gasteiger partial charge is 0.296 e. The van der Waals surface area contributed by atoms with Crippen molar-refractivity contribution >= 4 is 0 Å². The maximum atomic E-state index is 9.55. The third-order valence-corrected chi connectivity index (χ3v) is 5.42. The van der Waals surface area contributed by atoms with Crippen LogP contribution in [0.3, 0.4) is 0 Å². The van der Waals surface area contributed by atoms with Gasteiger partial charge in [0.05, 0.1) is 12.0 Å². The van der Waals surface area contributed by atoms with Gasteiger partial charge in [-0.2, -0.15) is 5.26 Å². The molecule has 0 aliphatic heterocycles. The van der Waals surface area contributed by atoms with Crippen molar-refractivity contribution in [3.8, 4) is 6.07 Å². The molecule has 2 heteroatoms. The Kier molecular flexibility index (Phi) is 5.13. The molecule has 2 aliphatic rings. The van der Waals surface area contributed by atoms with Crippen LogP contribution < -0.4 is 0 Å². The predicted octanol–water partition coefficient (Wildman–Crippen LogP) is 4.61. The highest BCUT2D eigenvalue weighted by molar-refractivity contribution is 5.02. The molecule has 3 unspecified atom stereocenters. The molecule has 0 heterocycles. The van der Waals surface area contributed by atoms with Crippen LogP contribution in [-0.4, -0.2) is 23.5 Å². The van der Waals surface area contributed by atoms with Crippen LogP contribution in [-0.2, 0) is 0 Å². The van der Waals surface area contributed by atoms with E-state index in [4.69, 9.17) is 0 Å². The van der Waals surface area contributed by atoms with Gasteiger partial charge in [0.1, 0.15) is 0 Å². The number of hydrogen-bond acceptors (Lipinski definition) is 2. The van der Waals surface area contributed by atoms with Crippen molar-refractivity contribution in [2.45, 2.75) is 84.7 Å². The van der Waals surface area contributed by atoms with Gasteiger partial charge < -0.3 is 0 Å². The van der Waals surface area contributed by atoms with Gasteiger partial charge in [0.2, 0.25) is 0 Å². The van der Waals surface area contributed by atoms with Crippen molar-refractivity contribution in [3.05, 3.63) is 0 Å². The van der Waals surface area contributed by atoms with E-state index in [1.165, 1.54) is 45.1 Å². The van der Waals surface area contributed by atoms with Crippen molar-refractivity contribution in [1.29, 1.82) is 5.26 Å². The highest BCUT2D eigenvalue weighted by Crippen LogP contribution is 2.43. The summed E-state index contributed by atoms with van der Waals surface area (Å²) in [6, 6.07) is 3.94. The minimum absolute atomic E-state index is 0.269. The van der Waals surface area contributed by atoms with Crippen molar-refractivity contribution in [2.75, 3.05) is 6.54 Å². The van der Waals surface area contributed by atoms with E-state index >= 15 is 0 Å². The van der Waals surface area contributed by atoms with Crippen LogP contribution in [0, 0.1) is 28.6 Å². The lowest BCUT2D eigenvalue weighted by Crippen LogP contribution is -2.47. The molecule has 0 spiro atoms. The van der Waals surface area contributed by atoms with Crippen LogP contribution >= 0.6 is 0 Å². The smallest absolute Gasteiger partial charge is 0.0672 e. The lowest BCUT2D eigenvalue weighted by Gasteiger charge is -2.44. The fourth-order valence-corrected chi connectivity index (χ4v) is 3.82. The summed E-state index contributed by atoms with van der Waals surface area (Å²) in [4.78, 5) is 2.72. The third-order valence-electron chi connectivity index (χ3n) is 5.42. The quantitative estimate of drug-likeness (QED) is 0.733. The maximum Gasteiger partial charge on any atom is 0.0672 e. The first-order valence-electron chi connectivity index (χ1n) is 8.62. The fourth-order valence-electron chi connectivity index (χ4n) is 3.82. The van der Waals surface area contributed by atoms with Crippen LogP contribution in [0.15, 0.2) is 0 Å². The molecule has 0 aromatic carbocycles. The van der Waals surface area contributed by atoms with Gasteiger partial charge in [-0.25, -0.2) is 0 Å². The molecule has 0 N–H and O–H groups in total. The van der Waals surface area contributed by atoms with E-state index in [-0.39, 0.29) is 5.92 Å². The molecular formula is C18H32N2. The summed E-state index contributed by atoms with van der Waals surface area (Å²) in [5, 5.41) is 9.55. The van der Waals surface area contributed by atoms with E-state index in [2.05, 4.69) is 38.7 Å². The van der Waals surface area contributed by atoms with Crippen molar-refractivity contribution in [2.24, 2.45) is 17.3 Å². The zero-order chi connectivity index (χ0) is 14.8. The number of nitriles is 1. The molecule has 0 aromatic heterocycles. The zero-order valence-electron chi connectivity index (χ0n) is 13.9. The summed E-state index contributed by atoms with van der Waals surface area (Å²) in [6.45, 7) is 10.6. The highest BCUT2D eigenvalue weighted by Gasteiger charge is 2.42. The molecule has 2 rings (SSSR count). The first kappa shape index (κ1) is 15.8. The molecule has 0 bridgehead atoms. The monoisotopic (exact) mass is 276 g/mol. The minimum atomic E-state index is 0.269. The summed E-state index contributed by atoms with van der Waals surface area (Å²) in [6.07, 6.45) is 8.85. The van der Waals surface area contributed by atoms with E-state index in [1.807, 2.05) is 0 Å². The Bertz CT molecular complexity index is 345. The van der Waals surface area contributed by atoms with Gasteiger partial charge in [0.15, 0.2) is 0 Å². The third kappa shape index (κ3) is 3.76. The molecule has 2 saturated carbocycles. The van der Waals surface area contributed by atoms with Crippen LogP contribution in [0.4, 0.5) is 0 Å². The Balaban J connectivity index is 2.08. The van der Waals surface area contributed by atoms with Gasteiger partial charge in [0.25, 0.3) is 0 Å². The van der Waals surface area contributed by atoms with E-state index < -0.39 is 0 Å². The van der Waals surface area contributed by atoms with E-state index in [9.17, 15) is 5.26 Å². The Morgan fingerprint density at radius 1 is 1.15 bits per heavy atom. The standard InChI is InChI=1S/C18H32N2/c1-5-6-11-20(16-9-10-16)17-12-15(18(2,3)4)8-7-14(17)13-19/h14-17H,5-12H2,1-4H3. The van der Waals surface area contributed by atoms with Crippen molar-refractivity contribution in [1.82, 2.24) is 4.90 Å². The molecule has 0 radical (unpaired) electrons. The Hall–Kier alpha value is -0.550. The fraction of sp³-hybridized carbons (Fsp3) is 0.944. The second kappa shape index (κ2) is 6.48. The van der Waals surface area contributed by atoms with E-state index in [1.54, 1.807) is 0 Å². The van der Waals surface area contributed by atoms with Gasteiger partial charge in [-0.3, -0.25) is 4.90 Å². The zero-order valence-corrected chi connectivity index (χ0v) is 13.9. The van der Waals surface area contributed by atoms with Gasteiger partial charge in [-0.1, -0.05) is 34.1 Å². The highest BCUT2D eigenvalue weighted by atomic mass is 15.2. The molecule has 0 amide bonds. The molecule has 2 fully saturated rings. The average Bonchev–Trinajstić information content (AvgIpc) is 3.22. The van der Waals surface area contributed by atoms with Gasteiger partial charge in [-0.05, 0) is 56.4 Å². The van der Waals surface area contributed by atoms with Crippen LogP contribution in [0.1, 0.15) is 72.6 Å². The van der Waals surface area contributed by atoms with Gasteiger partial charge in [-0.15, -0.1) is 0 Å². The van der Waals surface area contributed by atoms with Crippen LogP contribution in [0.2, 0.25) is 0 Å². The van der Waals surface area contributed by atoms with Crippen molar-refractivity contribution < 1.29 is 0 Å². The number of unbranched alkanes of at least 4 members (excludes halogenated alkanes) is 1. The normalized spacial score (nSPS) is 31.3. The number of hydrogen-bond donors (Lipinski definition) is 0. The molecule has 3 atom stereocenters. The van der Waals surface area contributed by atoms with Gasteiger partial charge in [0, 0.05) is 12.1 Å². The summed E-state index contributed by atoms with van der Waals surface area (Å²) in [7, 11) is 0. The average molecular weight is 276 g/mol. The minimum Gasteiger partial charge on any atom is -0.296 e. The van der Waals surface area contributed by atoms with Crippen LogP contribution in [0.25, 0.3) is 0 Å². The van der Waals surface area contributed by atoms with E-state index in [0.717, 1.165) is 18.4 Å². The SMILES string of the molecule is CCCCN(C1CC1)C1CC(C(C)(C)C)CCC1C#N. The molecule has 114 valence electrons. The summed E-state index contributed by atoms with van der Waals surface area (Å²) >= 11 is 0. The number of rotatable bonds is 5. The second-order valence-corrected chi connectivity index (χ2v) is 8.00. The van der Waals surface area contributed by atoms with Crippen molar-refractivity contribution in [3.63, 3.8) is 0 Å². The maximum absolute atomic E-state index is 9.55. The molecule has 0 saturated heterocycles. The van der Waals surface area contributed by atoms with Gasteiger partial charge >= 0.3 is 0 Å². The molecular weight excluding hydrogens is 244 g/mol. The molecule has 2 aliphatic carbocycles. The van der Waals surface area contributed by atoms with E-state index in [0.29, 0.717) is 11.5 Å². The first-order valence-corrected chi connectivity index (χ1v) is 8.62. The summed E-state index contributed by atoms with van der Waals surface area (Å²) in [5.74, 6) is 1.05.